The normalized spacial score (nSPS) is 12.3. The number of nitrogens with one attached hydrogen (secondary N) is 2. The highest BCUT2D eigenvalue weighted by Crippen LogP contribution is 2.38. The minimum atomic E-state index is -0.354. The van der Waals surface area contributed by atoms with Gasteiger partial charge in [-0.3, -0.25) is 4.79 Å². The van der Waals surface area contributed by atoms with Crippen LogP contribution in [-0.2, 0) is 0 Å². The second-order valence-electron chi connectivity index (χ2n) is 6.50. The van der Waals surface area contributed by atoms with Crippen molar-refractivity contribution in [1.29, 1.82) is 0 Å². The number of hydrogen-bond acceptors (Lipinski definition) is 9. The van der Waals surface area contributed by atoms with Crippen LogP contribution < -0.4 is 10.9 Å². The fourth-order valence-corrected chi connectivity index (χ4v) is 6.70. The lowest BCUT2D eigenvalue weighted by atomic mass is 10.2. The van der Waals surface area contributed by atoms with Crippen molar-refractivity contribution >= 4 is 66.8 Å². The second kappa shape index (κ2) is 8.50. The number of aromatic amines is 1. The van der Waals surface area contributed by atoms with Crippen molar-refractivity contribution < 1.29 is 4.39 Å². The molecule has 0 saturated heterocycles. The number of H-pyrrole nitrogens is 1. The molecule has 0 bridgehead atoms. The van der Waals surface area contributed by atoms with Gasteiger partial charge in [-0.2, -0.15) is 0 Å². The van der Waals surface area contributed by atoms with Crippen LogP contribution in [0, 0.1) is 5.82 Å². The van der Waals surface area contributed by atoms with Crippen molar-refractivity contribution in [3.8, 4) is 10.4 Å². The van der Waals surface area contributed by atoms with E-state index in [0.717, 1.165) is 10.4 Å². The zero-order valence-electron chi connectivity index (χ0n) is 16.0. The fraction of sp³-hybridized carbons (Fsp3) is 0.100. The van der Waals surface area contributed by atoms with Gasteiger partial charge < -0.3 is 10.3 Å². The summed E-state index contributed by atoms with van der Waals surface area (Å²) in [5.41, 5.74) is 1.12. The molecular formula is C20H14FN5OS4. The van der Waals surface area contributed by atoms with E-state index in [9.17, 15) is 9.18 Å². The van der Waals surface area contributed by atoms with Gasteiger partial charge in [0.2, 0.25) is 5.13 Å². The standard InChI is InChI=1S/C20H14FN5OS4/c1-10(30-20-26-25-19(31-20)22-13-6-3-2-5-12(13)21)16-23-17(27)15-11(9-29-18(15)24-16)14-7-4-8-28-14/h2-10H,1H3,(H,22,25)(H,23,24,27). The maximum Gasteiger partial charge on any atom is 0.260 e. The molecule has 0 aliphatic carbocycles. The van der Waals surface area contributed by atoms with E-state index < -0.39 is 0 Å². The molecule has 5 aromatic rings. The molecule has 4 aromatic heterocycles. The molecule has 0 aliphatic heterocycles. The Morgan fingerprint density at radius 2 is 2.03 bits per heavy atom. The summed E-state index contributed by atoms with van der Waals surface area (Å²) in [6.07, 6.45) is 0. The number of aromatic nitrogens is 4. The minimum Gasteiger partial charge on any atom is -0.328 e. The summed E-state index contributed by atoms with van der Waals surface area (Å²) in [6.45, 7) is 1.95. The first kappa shape index (κ1) is 20.3. The third kappa shape index (κ3) is 4.13. The average Bonchev–Trinajstić information content (AvgIpc) is 3.50. The van der Waals surface area contributed by atoms with Crippen LogP contribution in [-0.4, -0.2) is 20.2 Å². The summed E-state index contributed by atoms with van der Waals surface area (Å²) in [7, 11) is 0. The number of hydrogen-bond donors (Lipinski definition) is 2. The van der Waals surface area contributed by atoms with Crippen LogP contribution in [0.5, 0.6) is 0 Å². The number of halogens is 1. The number of fused-ring (bicyclic) bond motifs is 1. The summed E-state index contributed by atoms with van der Waals surface area (Å²) in [5.74, 6) is 0.231. The molecule has 1 atom stereocenters. The van der Waals surface area contributed by atoms with E-state index >= 15 is 0 Å². The van der Waals surface area contributed by atoms with E-state index in [1.807, 2.05) is 29.8 Å². The summed E-state index contributed by atoms with van der Waals surface area (Å²) in [4.78, 5) is 22.2. The Labute approximate surface area is 192 Å². The molecule has 0 aliphatic rings. The van der Waals surface area contributed by atoms with Crippen LogP contribution in [0.3, 0.4) is 0 Å². The first-order valence-electron chi connectivity index (χ1n) is 9.15. The predicted octanol–water partition coefficient (Wildman–Crippen LogP) is 6.30. The van der Waals surface area contributed by atoms with E-state index in [2.05, 4.69) is 25.5 Å². The van der Waals surface area contributed by atoms with E-state index in [1.54, 1.807) is 29.5 Å². The highest BCUT2D eigenvalue weighted by molar-refractivity contribution is 8.01. The maximum absolute atomic E-state index is 13.8. The van der Waals surface area contributed by atoms with Crippen molar-refractivity contribution in [3.63, 3.8) is 0 Å². The Morgan fingerprint density at radius 1 is 1.16 bits per heavy atom. The van der Waals surface area contributed by atoms with Gasteiger partial charge in [0, 0.05) is 15.8 Å². The average molecular weight is 488 g/mol. The Kier molecular flexibility index (Phi) is 5.57. The van der Waals surface area contributed by atoms with Gasteiger partial charge in [0.05, 0.1) is 16.3 Å². The minimum absolute atomic E-state index is 0.140. The van der Waals surface area contributed by atoms with Gasteiger partial charge >= 0.3 is 0 Å². The molecule has 4 heterocycles. The molecule has 2 N–H and O–H groups in total. The van der Waals surface area contributed by atoms with E-state index in [0.29, 0.717) is 31.2 Å². The largest absolute Gasteiger partial charge is 0.328 e. The van der Waals surface area contributed by atoms with Crippen molar-refractivity contribution in [2.45, 2.75) is 16.5 Å². The quantitative estimate of drug-likeness (QED) is 0.274. The second-order valence-corrected chi connectivity index (χ2v) is 10.9. The molecule has 1 unspecified atom stereocenters. The summed E-state index contributed by atoms with van der Waals surface area (Å²) in [6, 6.07) is 10.4. The number of rotatable bonds is 6. The van der Waals surface area contributed by atoms with E-state index in [-0.39, 0.29) is 16.6 Å². The SMILES string of the molecule is CC(Sc1nnc(Nc2ccccc2F)s1)c1nc2scc(-c3cccs3)c2c(=O)[nH]1. The molecule has 1 aromatic carbocycles. The van der Waals surface area contributed by atoms with Crippen LogP contribution in [0.1, 0.15) is 18.0 Å². The number of nitrogens with zero attached hydrogens (tertiary/aromatic N) is 3. The summed E-state index contributed by atoms with van der Waals surface area (Å²) in [5, 5.41) is 16.1. The lowest BCUT2D eigenvalue weighted by Crippen LogP contribution is -2.12. The lowest BCUT2D eigenvalue weighted by Gasteiger charge is -2.08. The Morgan fingerprint density at radius 3 is 2.84 bits per heavy atom. The molecule has 0 spiro atoms. The van der Waals surface area contributed by atoms with Gasteiger partial charge in [-0.25, -0.2) is 9.37 Å². The predicted molar refractivity (Wildman–Crippen MR) is 127 cm³/mol. The molecule has 0 amide bonds. The molecule has 5 rings (SSSR count). The molecule has 31 heavy (non-hydrogen) atoms. The molecule has 0 fully saturated rings. The third-order valence-corrected chi connectivity index (χ3v) is 8.24. The van der Waals surface area contributed by atoms with Crippen molar-refractivity contribution in [1.82, 2.24) is 20.2 Å². The Bertz CT molecular complexity index is 1410. The molecule has 0 saturated carbocycles. The van der Waals surface area contributed by atoms with E-state index in [1.165, 1.54) is 40.5 Å². The van der Waals surface area contributed by atoms with Gasteiger partial charge in [-0.05, 0) is 30.5 Å². The summed E-state index contributed by atoms with van der Waals surface area (Å²) < 4.78 is 14.5. The van der Waals surface area contributed by atoms with Crippen molar-refractivity contribution in [3.05, 3.63) is 69.2 Å². The van der Waals surface area contributed by atoms with Crippen LogP contribution in [0.4, 0.5) is 15.2 Å². The lowest BCUT2D eigenvalue weighted by molar-refractivity contribution is 0.632. The van der Waals surface area contributed by atoms with Gasteiger partial charge in [-0.1, -0.05) is 41.3 Å². The van der Waals surface area contributed by atoms with Crippen LogP contribution in [0.25, 0.3) is 20.7 Å². The number of thiophene rings is 2. The number of thioether (sulfide) groups is 1. The fourth-order valence-electron chi connectivity index (χ4n) is 2.96. The third-order valence-electron chi connectivity index (χ3n) is 4.43. The Hall–Kier alpha value is -2.60. The van der Waals surface area contributed by atoms with Crippen LogP contribution in [0.15, 0.2) is 56.3 Å². The van der Waals surface area contributed by atoms with Crippen molar-refractivity contribution in [2.24, 2.45) is 0 Å². The first-order chi connectivity index (χ1) is 15.1. The Balaban J connectivity index is 1.36. The topological polar surface area (TPSA) is 83.6 Å². The highest BCUT2D eigenvalue weighted by atomic mass is 32.2. The zero-order valence-corrected chi connectivity index (χ0v) is 19.2. The smallest absolute Gasteiger partial charge is 0.260 e. The molecule has 0 radical (unpaired) electrons. The monoisotopic (exact) mass is 487 g/mol. The number of anilines is 2. The van der Waals surface area contributed by atoms with Gasteiger partial charge in [0.15, 0.2) is 4.34 Å². The number of para-hydroxylation sites is 1. The van der Waals surface area contributed by atoms with Gasteiger partial charge in [0.1, 0.15) is 16.5 Å². The molecule has 156 valence electrons. The molecule has 6 nitrogen and oxygen atoms in total. The molecular weight excluding hydrogens is 474 g/mol. The van der Waals surface area contributed by atoms with Crippen molar-refractivity contribution in [2.75, 3.05) is 5.32 Å². The number of benzene rings is 1. The van der Waals surface area contributed by atoms with Gasteiger partial charge in [0.25, 0.3) is 5.56 Å². The molecule has 11 heteroatoms. The van der Waals surface area contributed by atoms with E-state index in [4.69, 9.17) is 0 Å². The maximum atomic E-state index is 13.8. The summed E-state index contributed by atoms with van der Waals surface area (Å²) >= 11 is 5.82. The highest BCUT2D eigenvalue weighted by Gasteiger charge is 2.18. The zero-order chi connectivity index (χ0) is 21.4. The van der Waals surface area contributed by atoms with Crippen LogP contribution >= 0.6 is 45.8 Å². The van der Waals surface area contributed by atoms with Gasteiger partial charge in [-0.15, -0.1) is 32.9 Å². The van der Waals surface area contributed by atoms with Crippen LogP contribution in [0.2, 0.25) is 0 Å². The first-order valence-corrected chi connectivity index (χ1v) is 12.6.